The Morgan fingerprint density at radius 3 is 2.80 bits per heavy atom. The van der Waals surface area contributed by atoms with Crippen molar-refractivity contribution in [3.05, 3.63) is 47.2 Å². The van der Waals surface area contributed by atoms with E-state index in [1.54, 1.807) is 0 Å². The summed E-state index contributed by atoms with van der Waals surface area (Å²) in [6.07, 6.45) is 3.07. The van der Waals surface area contributed by atoms with Crippen molar-refractivity contribution in [3.8, 4) is 0 Å². The molecular formula is C20H27N3O2. The molecule has 1 aliphatic rings. The third-order valence-electron chi connectivity index (χ3n) is 4.80. The fourth-order valence-corrected chi connectivity index (χ4v) is 3.36. The molecule has 1 aromatic heterocycles. The number of carbonyl (C=O) groups excluding carboxylic acids is 1. The first-order valence-corrected chi connectivity index (χ1v) is 9.14. The van der Waals surface area contributed by atoms with Crippen molar-refractivity contribution in [1.29, 1.82) is 0 Å². The van der Waals surface area contributed by atoms with E-state index in [1.165, 1.54) is 5.56 Å². The van der Waals surface area contributed by atoms with Crippen LogP contribution in [0.4, 0.5) is 0 Å². The van der Waals surface area contributed by atoms with Crippen molar-refractivity contribution in [3.63, 3.8) is 0 Å². The van der Waals surface area contributed by atoms with Gasteiger partial charge in [0.15, 0.2) is 0 Å². The maximum atomic E-state index is 12.6. The standard InChI is InChI=1S/C20H27N3O2/c1-14(2)10-18-21-22-19(25-18)11-16-8-9-23(13-16)20(24)12-17-7-5-4-6-15(17)3/h4-7,14,16H,8-13H2,1-3H3. The summed E-state index contributed by atoms with van der Waals surface area (Å²) in [5, 5.41) is 8.28. The first-order chi connectivity index (χ1) is 12.0. The molecule has 0 spiro atoms. The molecule has 1 fully saturated rings. The number of aromatic nitrogens is 2. The van der Waals surface area contributed by atoms with Gasteiger partial charge in [0.1, 0.15) is 0 Å². The topological polar surface area (TPSA) is 59.2 Å². The smallest absolute Gasteiger partial charge is 0.227 e. The Morgan fingerprint density at radius 1 is 1.28 bits per heavy atom. The molecule has 1 unspecified atom stereocenters. The summed E-state index contributed by atoms with van der Waals surface area (Å²) in [5.41, 5.74) is 2.29. The highest BCUT2D eigenvalue weighted by Gasteiger charge is 2.28. The Balaban J connectivity index is 1.52. The van der Waals surface area contributed by atoms with E-state index < -0.39 is 0 Å². The summed E-state index contributed by atoms with van der Waals surface area (Å²) in [7, 11) is 0. The first-order valence-electron chi connectivity index (χ1n) is 9.14. The van der Waals surface area contributed by atoms with Crippen LogP contribution in [0.3, 0.4) is 0 Å². The zero-order chi connectivity index (χ0) is 17.8. The number of likely N-dealkylation sites (tertiary alicyclic amines) is 1. The Kier molecular flexibility index (Phi) is 5.51. The molecule has 0 saturated carbocycles. The molecular weight excluding hydrogens is 314 g/mol. The number of benzene rings is 1. The van der Waals surface area contributed by atoms with E-state index in [9.17, 15) is 4.79 Å². The predicted molar refractivity (Wildman–Crippen MR) is 96.1 cm³/mol. The quantitative estimate of drug-likeness (QED) is 0.809. The summed E-state index contributed by atoms with van der Waals surface area (Å²) in [6, 6.07) is 8.09. The molecule has 5 nitrogen and oxygen atoms in total. The summed E-state index contributed by atoms with van der Waals surface area (Å²) < 4.78 is 5.74. The highest BCUT2D eigenvalue weighted by atomic mass is 16.4. The third-order valence-corrected chi connectivity index (χ3v) is 4.80. The number of aryl methyl sites for hydroxylation is 1. The number of nitrogens with zero attached hydrogens (tertiary/aromatic N) is 3. The van der Waals surface area contributed by atoms with Crippen molar-refractivity contribution in [2.75, 3.05) is 13.1 Å². The lowest BCUT2D eigenvalue weighted by molar-refractivity contribution is -0.129. The van der Waals surface area contributed by atoms with Crippen molar-refractivity contribution in [1.82, 2.24) is 15.1 Å². The normalized spacial score (nSPS) is 17.4. The second kappa shape index (κ2) is 7.81. The molecule has 1 atom stereocenters. The van der Waals surface area contributed by atoms with E-state index in [-0.39, 0.29) is 5.91 Å². The molecule has 1 aliphatic heterocycles. The molecule has 134 valence electrons. The van der Waals surface area contributed by atoms with Gasteiger partial charge in [0, 0.05) is 25.9 Å². The van der Waals surface area contributed by atoms with Gasteiger partial charge in [-0.2, -0.15) is 0 Å². The number of hydrogen-bond acceptors (Lipinski definition) is 4. The predicted octanol–water partition coefficient (Wildman–Crippen LogP) is 3.21. The molecule has 0 radical (unpaired) electrons. The Morgan fingerprint density at radius 2 is 2.04 bits per heavy atom. The fourth-order valence-electron chi connectivity index (χ4n) is 3.36. The van der Waals surface area contributed by atoms with Crippen LogP contribution in [0.5, 0.6) is 0 Å². The third kappa shape index (κ3) is 4.68. The van der Waals surface area contributed by atoms with Gasteiger partial charge in [-0.15, -0.1) is 10.2 Å². The first kappa shape index (κ1) is 17.6. The molecule has 0 bridgehead atoms. The van der Waals surface area contributed by atoms with Crippen LogP contribution in [0.1, 0.15) is 43.2 Å². The van der Waals surface area contributed by atoms with Gasteiger partial charge >= 0.3 is 0 Å². The van der Waals surface area contributed by atoms with Crippen LogP contribution in [0, 0.1) is 18.8 Å². The molecule has 0 N–H and O–H groups in total. The van der Waals surface area contributed by atoms with E-state index in [4.69, 9.17) is 4.42 Å². The van der Waals surface area contributed by atoms with E-state index in [2.05, 4.69) is 37.0 Å². The summed E-state index contributed by atoms with van der Waals surface area (Å²) in [5.74, 6) is 2.55. The van der Waals surface area contributed by atoms with Gasteiger partial charge in [0.25, 0.3) is 0 Å². The minimum Gasteiger partial charge on any atom is -0.425 e. The minimum atomic E-state index is 0.211. The number of amides is 1. The molecule has 2 heterocycles. The maximum absolute atomic E-state index is 12.6. The van der Waals surface area contributed by atoms with Gasteiger partial charge in [-0.1, -0.05) is 38.1 Å². The Bertz CT molecular complexity index is 723. The van der Waals surface area contributed by atoms with Crippen LogP contribution < -0.4 is 0 Å². The largest absolute Gasteiger partial charge is 0.425 e. The lowest BCUT2D eigenvalue weighted by Gasteiger charge is -2.17. The van der Waals surface area contributed by atoms with Crippen LogP contribution in [-0.4, -0.2) is 34.1 Å². The van der Waals surface area contributed by atoms with Crippen LogP contribution in [-0.2, 0) is 24.1 Å². The van der Waals surface area contributed by atoms with Crippen molar-refractivity contribution < 1.29 is 9.21 Å². The maximum Gasteiger partial charge on any atom is 0.227 e. The number of hydrogen-bond donors (Lipinski definition) is 0. The summed E-state index contributed by atoms with van der Waals surface area (Å²) >= 11 is 0. The van der Waals surface area contributed by atoms with Crippen LogP contribution >= 0.6 is 0 Å². The zero-order valence-corrected chi connectivity index (χ0v) is 15.4. The Labute approximate surface area is 149 Å². The lowest BCUT2D eigenvalue weighted by Crippen LogP contribution is -2.30. The van der Waals surface area contributed by atoms with E-state index in [0.29, 0.717) is 24.1 Å². The van der Waals surface area contributed by atoms with Gasteiger partial charge in [-0.25, -0.2) is 0 Å². The van der Waals surface area contributed by atoms with E-state index >= 15 is 0 Å². The van der Waals surface area contributed by atoms with E-state index in [0.717, 1.165) is 43.8 Å². The van der Waals surface area contributed by atoms with Gasteiger partial charge < -0.3 is 9.32 Å². The zero-order valence-electron chi connectivity index (χ0n) is 15.4. The summed E-state index contributed by atoms with van der Waals surface area (Å²) in [4.78, 5) is 14.5. The highest BCUT2D eigenvalue weighted by Crippen LogP contribution is 2.22. The number of carbonyl (C=O) groups is 1. The average molecular weight is 341 g/mol. The van der Waals surface area contributed by atoms with E-state index in [1.807, 2.05) is 23.1 Å². The summed E-state index contributed by atoms with van der Waals surface area (Å²) in [6.45, 7) is 7.94. The molecule has 5 heteroatoms. The lowest BCUT2D eigenvalue weighted by atomic mass is 10.0. The molecule has 1 saturated heterocycles. The monoisotopic (exact) mass is 341 g/mol. The molecule has 2 aromatic rings. The minimum absolute atomic E-state index is 0.211. The van der Waals surface area contributed by atoms with Crippen LogP contribution in [0.2, 0.25) is 0 Å². The van der Waals surface area contributed by atoms with Gasteiger partial charge in [0.05, 0.1) is 6.42 Å². The SMILES string of the molecule is Cc1ccccc1CC(=O)N1CCC(Cc2nnc(CC(C)C)o2)C1. The average Bonchev–Trinajstić information content (AvgIpc) is 3.19. The van der Waals surface area contributed by atoms with Crippen molar-refractivity contribution in [2.24, 2.45) is 11.8 Å². The van der Waals surface area contributed by atoms with Crippen molar-refractivity contribution in [2.45, 2.75) is 46.5 Å². The van der Waals surface area contributed by atoms with Crippen LogP contribution in [0.15, 0.2) is 28.7 Å². The van der Waals surface area contributed by atoms with Crippen LogP contribution in [0.25, 0.3) is 0 Å². The molecule has 1 amide bonds. The second-order valence-electron chi connectivity index (χ2n) is 7.49. The van der Waals surface area contributed by atoms with Gasteiger partial charge in [-0.3, -0.25) is 4.79 Å². The molecule has 3 rings (SSSR count). The molecule has 1 aromatic carbocycles. The molecule has 25 heavy (non-hydrogen) atoms. The Hall–Kier alpha value is -2.17. The van der Waals surface area contributed by atoms with Gasteiger partial charge in [-0.05, 0) is 36.3 Å². The fraction of sp³-hybridized carbons (Fsp3) is 0.550. The second-order valence-corrected chi connectivity index (χ2v) is 7.49. The number of rotatable bonds is 6. The van der Waals surface area contributed by atoms with Crippen molar-refractivity contribution >= 4 is 5.91 Å². The highest BCUT2D eigenvalue weighted by molar-refractivity contribution is 5.79. The van der Waals surface area contributed by atoms with Gasteiger partial charge in [0.2, 0.25) is 17.7 Å². The molecule has 0 aliphatic carbocycles.